The molecule has 1 unspecified atom stereocenters. The third kappa shape index (κ3) is 3.15. The second-order valence-electron chi connectivity index (χ2n) is 8.53. The molecule has 4 nitrogen and oxygen atoms in total. The molecule has 2 aliphatic rings. The zero-order chi connectivity index (χ0) is 20.8. The Hall–Kier alpha value is -3.37. The fourth-order valence-electron chi connectivity index (χ4n) is 5.27. The van der Waals surface area contributed by atoms with Crippen LogP contribution >= 0.6 is 0 Å². The Morgan fingerprint density at radius 2 is 1.77 bits per heavy atom. The van der Waals surface area contributed by atoms with Crippen LogP contribution in [0, 0.1) is 0 Å². The quantitative estimate of drug-likeness (QED) is 0.502. The summed E-state index contributed by atoms with van der Waals surface area (Å²) in [5, 5.41) is 0.957. The lowest BCUT2D eigenvalue weighted by Gasteiger charge is -2.35. The lowest BCUT2D eigenvalue weighted by molar-refractivity contribution is -0.963. The molecule has 2 heterocycles. The van der Waals surface area contributed by atoms with Crippen molar-refractivity contribution in [2.75, 3.05) is 6.73 Å². The van der Waals surface area contributed by atoms with E-state index in [1.807, 2.05) is 42.5 Å². The Balaban J connectivity index is 1.46. The number of aryl methyl sites for hydroxylation is 1. The predicted octanol–water partition coefficient (Wildman–Crippen LogP) is 4.27. The molecule has 0 saturated carbocycles. The molecular weight excluding hydrogens is 386 g/mol. The topological polar surface area (TPSA) is 43.9 Å². The van der Waals surface area contributed by atoms with Crippen LogP contribution in [0.2, 0.25) is 0 Å². The number of benzene rings is 3. The van der Waals surface area contributed by atoms with Crippen LogP contribution in [-0.4, -0.2) is 6.73 Å². The fourth-order valence-corrected chi connectivity index (χ4v) is 5.27. The minimum Gasteiger partial charge on any atom is -0.445 e. The van der Waals surface area contributed by atoms with Crippen LogP contribution in [0.3, 0.4) is 0 Å². The van der Waals surface area contributed by atoms with Crippen molar-refractivity contribution in [3.05, 3.63) is 99.9 Å². The van der Waals surface area contributed by atoms with Gasteiger partial charge in [0.1, 0.15) is 18.3 Å². The van der Waals surface area contributed by atoms with Gasteiger partial charge in [0.15, 0.2) is 5.58 Å². The van der Waals surface area contributed by atoms with Crippen molar-refractivity contribution in [2.45, 2.75) is 31.8 Å². The minimum atomic E-state index is -0.324. The fraction of sp³-hybridized carbons (Fsp3) is 0.222. The first-order valence-electron chi connectivity index (χ1n) is 11.0. The van der Waals surface area contributed by atoms with Crippen molar-refractivity contribution in [3.63, 3.8) is 0 Å². The zero-order valence-electron chi connectivity index (χ0n) is 17.3. The van der Waals surface area contributed by atoms with E-state index in [1.54, 1.807) is 6.07 Å². The predicted molar refractivity (Wildman–Crippen MR) is 120 cm³/mol. The van der Waals surface area contributed by atoms with Gasteiger partial charge in [-0.25, -0.2) is 4.79 Å². The number of hydrogen-bond donors (Lipinski definition) is 1. The molecule has 4 aromatic rings. The van der Waals surface area contributed by atoms with Gasteiger partial charge in [0, 0.05) is 23.4 Å². The summed E-state index contributed by atoms with van der Waals surface area (Å²) in [7, 11) is 0. The number of rotatable bonds is 2. The maximum Gasteiger partial charge on any atom is 0.336 e. The van der Waals surface area contributed by atoms with Crippen molar-refractivity contribution in [1.82, 2.24) is 0 Å². The number of fused-ring (bicyclic) bond motifs is 4. The molecule has 0 fully saturated rings. The highest BCUT2D eigenvalue weighted by Crippen LogP contribution is 2.35. The van der Waals surface area contributed by atoms with Crippen molar-refractivity contribution in [3.8, 4) is 16.9 Å². The highest BCUT2D eigenvalue weighted by Gasteiger charge is 2.34. The highest BCUT2D eigenvalue weighted by atomic mass is 16.5. The Morgan fingerprint density at radius 3 is 2.68 bits per heavy atom. The third-order valence-electron chi connectivity index (χ3n) is 6.74. The standard InChI is InChI=1S/C27H23NO3/c29-26-15-22(19-7-2-1-3-8-19)21-13-14-25-23(27(21)31-26)16-28(17-30-25)24-12-6-10-18-9-4-5-11-20(18)24/h1-5,7-9,11,13-15,24H,6,10,12,16-17H2/p+1/t24-/m1/s1. The van der Waals surface area contributed by atoms with Gasteiger partial charge < -0.3 is 9.15 Å². The second-order valence-corrected chi connectivity index (χ2v) is 8.53. The Morgan fingerprint density at radius 1 is 0.935 bits per heavy atom. The molecule has 1 aromatic heterocycles. The van der Waals surface area contributed by atoms with Crippen molar-refractivity contribution >= 4 is 11.0 Å². The normalized spacial score (nSPS) is 20.0. The number of nitrogens with one attached hydrogen (secondary N) is 1. The molecular formula is C27H24NO3+. The van der Waals surface area contributed by atoms with Crippen molar-refractivity contribution in [2.24, 2.45) is 0 Å². The third-order valence-corrected chi connectivity index (χ3v) is 6.74. The molecule has 31 heavy (non-hydrogen) atoms. The van der Waals surface area contributed by atoms with E-state index in [1.165, 1.54) is 22.4 Å². The van der Waals surface area contributed by atoms with E-state index < -0.39 is 0 Å². The van der Waals surface area contributed by atoms with Gasteiger partial charge in [-0.15, -0.1) is 0 Å². The summed E-state index contributed by atoms with van der Waals surface area (Å²) in [6.07, 6.45) is 3.49. The van der Waals surface area contributed by atoms with E-state index in [4.69, 9.17) is 9.15 Å². The SMILES string of the molecule is O=c1cc(-c2ccccc2)c2ccc3c(c2o1)C[NH+]([C@@H]1CCCc2ccccc21)CO3. The molecule has 0 bridgehead atoms. The Labute approximate surface area is 180 Å². The van der Waals surface area contributed by atoms with Gasteiger partial charge in [-0.2, -0.15) is 0 Å². The van der Waals surface area contributed by atoms with Gasteiger partial charge in [0.25, 0.3) is 0 Å². The van der Waals surface area contributed by atoms with Crippen LogP contribution < -0.4 is 15.3 Å². The monoisotopic (exact) mass is 410 g/mol. The molecule has 0 radical (unpaired) electrons. The molecule has 154 valence electrons. The molecule has 0 amide bonds. The largest absolute Gasteiger partial charge is 0.445 e. The molecule has 6 rings (SSSR count). The van der Waals surface area contributed by atoms with Crippen molar-refractivity contribution in [1.29, 1.82) is 0 Å². The van der Waals surface area contributed by atoms with Crippen molar-refractivity contribution < 1.29 is 14.1 Å². The van der Waals surface area contributed by atoms with Gasteiger partial charge in [-0.3, -0.25) is 4.90 Å². The van der Waals surface area contributed by atoms with Crippen LogP contribution in [-0.2, 0) is 13.0 Å². The maximum atomic E-state index is 12.5. The lowest BCUT2D eigenvalue weighted by Crippen LogP contribution is -3.12. The van der Waals surface area contributed by atoms with Gasteiger partial charge in [0.2, 0.25) is 6.73 Å². The zero-order valence-corrected chi connectivity index (χ0v) is 17.3. The number of hydrogen-bond acceptors (Lipinski definition) is 3. The van der Waals surface area contributed by atoms with E-state index in [0.29, 0.717) is 18.4 Å². The second kappa shape index (κ2) is 7.40. The van der Waals surface area contributed by atoms with Gasteiger partial charge >= 0.3 is 5.63 Å². The molecule has 0 spiro atoms. The summed E-state index contributed by atoms with van der Waals surface area (Å²) < 4.78 is 12.0. The lowest BCUT2D eigenvalue weighted by atomic mass is 9.86. The van der Waals surface area contributed by atoms with Gasteiger partial charge in [0.05, 0.1) is 5.56 Å². The summed E-state index contributed by atoms with van der Waals surface area (Å²) in [5.41, 5.74) is 6.14. The van der Waals surface area contributed by atoms with E-state index in [2.05, 4.69) is 24.3 Å². The number of quaternary nitrogens is 1. The van der Waals surface area contributed by atoms with E-state index in [0.717, 1.165) is 47.2 Å². The van der Waals surface area contributed by atoms with Crippen LogP contribution in [0.1, 0.15) is 35.6 Å². The Bertz CT molecular complexity index is 1330. The molecule has 1 N–H and O–H groups in total. The first kappa shape index (κ1) is 18.4. The van der Waals surface area contributed by atoms with Gasteiger partial charge in [-0.1, -0.05) is 54.6 Å². The summed E-state index contributed by atoms with van der Waals surface area (Å²) in [6, 6.07) is 24.8. The van der Waals surface area contributed by atoms with Gasteiger partial charge in [-0.05, 0) is 41.7 Å². The summed E-state index contributed by atoms with van der Waals surface area (Å²) in [5.74, 6) is 0.828. The van der Waals surface area contributed by atoms with Crippen LogP contribution in [0.4, 0.5) is 0 Å². The number of ether oxygens (including phenoxy) is 1. The average Bonchev–Trinajstić information content (AvgIpc) is 2.83. The molecule has 3 aromatic carbocycles. The smallest absolute Gasteiger partial charge is 0.336 e. The van der Waals surface area contributed by atoms with E-state index in [-0.39, 0.29) is 5.63 Å². The summed E-state index contributed by atoms with van der Waals surface area (Å²) in [6.45, 7) is 1.41. The molecule has 1 aliphatic carbocycles. The van der Waals surface area contributed by atoms with Crippen LogP contribution in [0.15, 0.2) is 82.0 Å². The summed E-state index contributed by atoms with van der Waals surface area (Å²) in [4.78, 5) is 13.9. The average molecular weight is 410 g/mol. The van der Waals surface area contributed by atoms with Crippen LogP contribution in [0.25, 0.3) is 22.1 Å². The molecule has 4 heteroatoms. The minimum absolute atomic E-state index is 0.324. The first-order valence-corrected chi connectivity index (χ1v) is 11.0. The first-order chi connectivity index (χ1) is 15.3. The van der Waals surface area contributed by atoms with E-state index in [9.17, 15) is 4.79 Å². The molecule has 1 aliphatic heterocycles. The van der Waals surface area contributed by atoms with E-state index >= 15 is 0 Å². The van der Waals surface area contributed by atoms with Crippen LogP contribution in [0.5, 0.6) is 5.75 Å². The highest BCUT2D eigenvalue weighted by molar-refractivity contribution is 5.95. The Kier molecular flexibility index (Phi) is 4.39. The molecule has 2 atom stereocenters. The molecule has 0 saturated heterocycles. The maximum absolute atomic E-state index is 12.5. The summed E-state index contributed by atoms with van der Waals surface area (Å²) >= 11 is 0.